The van der Waals surface area contributed by atoms with Gasteiger partial charge < -0.3 is 10.1 Å². The number of amides is 1. The van der Waals surface area contributed by atoms with E-state index in [2.05, 4.69) is 15.0 Å². The Morgan fingerprint density at radius 2 is 1.81 bits per heavy atom. The standard InChI is InChI=1S/C20H22F3N3O4S/c1-14-2-5-17(6-3-14)31(28,29)26-10-8-15(9-11-26)19(27)25-16-4-7-18(24-12-16)30-13-20(21,22)23/h2-7,12,15H,8-11,13H2,1H3,(H,25,27). The lowest BCUT2D eigenvalue weighted by atomic mass is 9.97. The van der Waals surface area contributed by atoms with Crippen molar-refractivity contribution in [3.05, 3.63) is 48.2 Å². The van der Waals surface area contributed by atoms with Gasteiger partial charge in [-0.15, -0.1) is 0 Å². The molecule has 0 spiro atoms. The van der Waals surface area contributed by atoms with E-state index >= 15 is 0 Å². The molecular weight excluding hydrogens is 435 g/mol. The van der Waals surface area contributed by atoms with Crippen molar-refractivity contribution in [2.45, 2.75) is 30.8 Å². The van der Waals surface area contributed by atoms with Crippen molar-refractivity contribution in [1.29, 1.82) is 0 Å². The maximum atomic E-state index is 12.7. The van der Waals surface area contributed by atoms with Gasteiger partial charge in [-0.1, -0.05) is 17.7 Å². The van der Waals surface area contributed by atoms with Crippen LogP contribution in [0.15, 0.2) is 47.5 Å². The first-order valence-corrected chi connectivity index (χ1v) is 11.0. The third-order valence-electron chi connectivity index (χ3n) is 4.87. The fourth-order valence-electron chi connectivity index (χ4n) is 3.16. The van der Waals surface area contributed by atoms with Gasteiger partial charge in [-0.3, -0.25) is 4.79 Å². The summed E-state index contributed by atoms with van der Waals surface area (Å²) in [5.41, 5.74) is 1.28. The monoisotopic (exact) mass is 457 g/mol. The number of sulfonamides is 1. The molecule has 11 heteroatoms. The second-order valence-electron chi connectivity index (χ2n) is 7.27. The molecule has 0 radical (unpaired) electrons. The van der Waals surface area contributed by atoms with Crippen molar-refractivity contribution in [1.82, 2.24) is 9.29 Å². The minimum atomic E-state index is -4.46. The third-order valence-corrected chi connectivity index (χ3v) is 6.78. The molecule has 1 fully saturated rings. The number of carbonyl (C=O) groups excluding carboxylic acids is 1. The van der Waals surface area contributed by atoms with Crippen molar-refractivity contribution < 1.29 is 31.1 Å². The zero-order valence-corrected chi connectivity index (χ0v) is 17.5. The zero-order valence-electron chi connectivity index (χ0n) is 16.7. The van der Waals surface area contributed by atoms with Crippen molar-refractivity contribution in [3.8, 4) is 5.88 Å². The Bertz CT molecular complexity index is 1000. The van der Waals surface area contributed by atoms with E-state index in [4.69, 9.17) is 0 Å². The van der Waals surface area contributed by atoms with Gasteiger partial charge in [0.2, 0.25) is 21.8 Å². The predicted molar refractivity (Wildman–Crippen MR) is 107 cm³/mol. The molecule has 1 amide bonds. The molecule has 0 atom stereocenters. The van der Waals surface area contributed by atoms with Crippen LogP contribution < -0.4 is 10.1 Å². The average molecular weight is 457 g/mol. The maximum absolute atomic E-state index is 12.7. The van der Waals surface area contributed by atoms with Crippen LogP contribution in [0.3, 0.4) is 0 Å². The van der Waals surface area contributed by atoms with Crippen LogP contribution in [0.2, 0.25) is 0 Å². The van der Waals surface area contributed by atoms with Gasteiger partial charge in [0.1, 0.15) is 0 Å². The predicted octanol–water partition coefficient (Wildman–Crippen LogP) is 3.37. The summed E-state index contributed by atoms with van der Waals surface area (Å²) >= 11 is 0. The van der Waals surface area contributed by atoms with Gasteiger partial charge in [0.05, 0.1) is 16.8 Å². The van der Waals surface area contributed by atoms with E-state index < -0.39 is 22.8 Å². The van der Waals surface area contributed by atoms with E-state index in [1.807, 2.05) is 6.92 Å². The Morgan fingerprint density at radius 3 is 2.35 bits per heavy atom. The quantitative estimate of drug-likeness (QED) is 0.719. The third kappa shape index (κ3) is 6.17. The van der Waals surface area contributed by atoms with Gasteiger partial charge in [-0.25, -0.2) is 13.4 Å². The molecule has 1 aliphatic heterocycles. The second kappa shape index (κ2) is 9.23. The molecule has 1 aromatic carbocycles. The number of alkyl halides is 3. The number of halogens is 3. The van der Waals surface area contributed by atoms with Crippen molar-refractivity contribution >= 4 is 21.6 Å². The molecule has 0 bridgehead atoms. The largest absolute Gasteiger partial charge is 0.468 e. The van der Waals surface area contributed by atoms with Crippen molar-refractivity contribution in [2.24, 2.45) is 5.92 Å². The first-order chi connectivity index (χ1) is 14.5. The number of rotatable bonds is 6. The van der Waals surface area contributed by atoms with Gasteiger partial charge in [-0.2, -0.15) is 17.5 Å². The number of aromatic nitrogens is 1. The first-order valence-electron chi connectivity index (χ1n) is 9.58. The summed E-state index contributed by atoms with van der Waals surface area (Å²) in [7, 11) is -3.61. The van der Waals surface area contributed by atoms with Crippen LogP contribution >= 0.6 is 0 Å². The van der Waals surface area contributed by atoms with Crippen LogP contribution in [0.4, 0.5) is 18.9 Å². The number of anilines is 1. The van der Waals surface area contributed by atoms with Crippen LogP contribution in [-0.2, 0) is 14.8 Å². The van der Waals surface area contributed by atoms with Crippen LogP contribution in [0, 0.1) is 12.8 Å². The van der Waals surface area contributed by atoms with Crippen LogP contribution in [0.25, 0.3) is 0 Å². The summed E-state index contributed by atoms with van der Waals surface area (Å²) < 4.78 is 67.9. The first kappa shape index (κ1) is 23.0. The normalized spacial score (nSPS) is 16.1. The lowest BCUT2D eigenvalue weighted by Gasteiger charge is -2.30. The van der Waals surface area contributed by atoms with Gasteiger partial charge in [0.15, 0.2) is 6.61 Å². The van der Waals surface area contributed by atoms with E-state index in [-0.39, 0.29) is 35.7 Å². The van der Waals surface area contributed by atoms with Crippen LogP contribution in [0.1, 0.15) is 18.4 Å². The molecule has 1 aliphatic rings. The fraction of sp³-hybridized carbons (Fsp3) is 0.400. The Hall–Kier alpha value is -2.66. The Kier molecular flexibility index (Phi) is 6.85. The molecule has 3 rings (SSSR count). The molecule has 2 aromatic rings. The Labute approximate surface area is 178 Å². The van der Waals surface area contributed by atoms with Gasteiger partial charge in [0, 0.05) is 25.1 Å². The molecular formula is C20H22F3N3O4S. The van der Waals surface area contributed by atoms with Crippen molar-refractivity contribution in [3.63, 3.8) is 0 Å². The van der Waals surface area contributed by atoms with E-state index in [9.17, 15) is 26.4 Å². The highest BCUT2D eigenvalue weighted by Crippen LogP contribution is 2.25. The van der Waals surface area contributed by atoms with E-state index in [0.717, 1.165) is 5.56 Å². The molecule has 1 saturated heterocycles. The molecule has 7 nitrogen and oxygen atoms in total. The highest BCUT2D eigenvalue weighted by Gasteiger charge is 2.32. The lowest BCUT2D eigenvalue weighted by molar-refractivity contribution is -0.154. The molecule has 0 unspecified atom stereocenters. The number of aryl methyl sites for hydroxylation is 1. The number of hydrogen-bond acceptors (Lipinski definition) is 5. The highest BCUT2D eigenvalue weighted by atomic mass is 32.2. The number of nitrogens with one attached hydrogen (secondary N) is 1. The summed E-state index contributed by atoms with van der Waals surface area (Å²) in [5.74, 6) is -0.881. The van der Waals surface area contributed by atoms with Gasteiger partial charge in [-0.05, 0) is 38.0 Å². The number of hydrogen-bond donors (Lipinski definition) is 1. The van der Waals surface area contributed by atoms with Crippen molar-refractivity contribution in [2.75, 3.05) is 25.0 Å². The van der Waals surface area contributed by atoms with E-state index in [1.54, 1.807) is 24.3 Å². The number of nitrogens with zero attached hydrogens (tertiary/aromatic N) is 2. The maximum Gasteiger partial charge on any atom is 0.422 e. The number of benzene rings is 1. The molecule has 168 valence electrons. The minimum absolute atomic E-state index is 0.204. The topological polar surface area (TPSA) is 88.6 Å². The molecule has 1 aromatic heterocycles. The molecule has 31 heavy (non-hydrogen) atoms. The van der Waals surface area contributed by atoms with E-state index in [1.165, 1.54) is 22.6 Å². The Balaban J connectivity index is 1.52. The smallest absolute Gasteiger partial charge is 0.422 e. The molecule has 0 aliphatic carbocycles. The molecule has 2 heterocycles. The summed E-state index contributed by atoms with van der Waals surface area (Å²) in [4.78, 5) is 16.4. The second-order valence-corrected chi connectivity index (χ2v) is 9.21. The molecule has 0 saturated carbocycles. The van der Waals surface area contributed by atoms with Crippen LogP contribution in [-0.4, -0.2) is 49.5 Å². The number of ether oxygens (including phenoxy) is 1. The van der Waals surface area contributed by atoms with E-state index in [0.29, 0.717) is 18.5 Å². The fourth-order valence-corrected chi connectivity index (χ4v) is 4.63. The highest BCUT2D eigenvalue weighted by molar-refractivity contribution is 7.89. The SMILES string of the molecule is Cc1ccc(S(=O)(=O)N2CCC(C(=O)Nc3ccc(OCC(F)(F)F)nc3)CC2)cc1. The zero-order chi connectivity index (χ0) is 22.6. The summed E-state index contributed by atoms with van der Waals surface area (Å²) in [6.45, 7) is 0.864. The number of piperidine rings is 1. The van der Waals surface area contributed by atoms with Gasteiger partial charge in [0.25, 0.3) is 0 Å². The summed E-state index contributed by atoms with van der Waals surface area (Å²) in [6, 6.07) is 9.24. The summed E-state index contributed by atoms with van der Waals surface area (Å²) in [5, 5.41) is 2.66. The lowest BCUT2D eigenvalue weighted by Crippen LogP contribution is -2.41. The van der Waals surface area contributed by atoms with Gasteiger partial charge >= 0.3 is 6.18 Å². The van der Waals surface area contributed by atoms with Crippen LogP contribution in [0.5, 0.6) is 5.88 Å². The molecule has 1 N–H and O–H groups in total. The summed E-state index contributed by atoms with van der Waals surface area (Å²) in [6.07, 6.45) is -2.54. The number of carbonyl (C=O) groups is 1. The minimum Gasteiger partial charge on any atom is -0.468 e. The number of pyridine rings is 1. The average Bonchev–Trinajstić information content (AvgIpc) is 2.73. The Morgan fingerprint density at radius 1 is 1.16 bits per heavy atom.